The summed E-state index contributed by atoms with van der Waals surface area (Å²) in [7, 11) is 1.31. The van der Waals surface area contributed by atoms with Crippen molar-refractivity contribution in [3.8, 4) is 0 Å². The first-order valence-electron chi connectivity index (χ1n) is 7.92. The van der Waals surface area contributed by atoms with Crippen LogP contribution in [0.15, 0.2) is 48.5 Å². The van der Waals surface area contributed by atoms with E-state index in [2.05, 4.69) is 10.1 Å². The molecule has 0 spiro atoms. The van der Waals surface area contributed by atoms with Gasteiger partial charge in [-0.25, -0.2) is 9.59 Å². The quantitative estimate of drug-likeness (QED) is 0.661. The molecule has 1 heterocycles. The van der Waals surface area contributed by atoms with Gasteiger partial charge in [0.05, 0.1) is 19.2 Å². The van der Waals surface area contributed by atoms with Gasteiger partial charge in [-0.2, -0.15) is 0 Å². The van der Waals surface area contributed by atoms with Gasteiger partial charge in [-0.1, -0.05) is 35.9 Å². The maximum absolute atomic E-state index is 12.9. The molecule has 0 radical (unpaired) electrons. The predicted octanol–water partition coefficient (Wildman–Crippen LogP) is 3.09. The third-order valence-electron chi connectivity index (χ3n) is 4.41. The molecule has 1 aliphatic heterocycles. The topological polar surface area (TPSA) is 75.7 Å². The highest BCUT2D eigenvalue weighted by Crippen LogP contribution is 2.30. The van der Waals surface area contributed by atoms with E-state index >= 15 is 0 Å². The highest BCUT2D eigenvalue weighted by Gasteiger charge is 2.48. The van der Waals surface area contributed by atoms with Crippen molar-refractivity contribution in [1.82, 2.24) is 10.2 Å². The van der Waals surface area contributed by atoms with Crippen LogP contribution in [0.3, 0.4) is 0 Å². The Labute approximate surface area is 155 Å². The van der Waals surface area contributed by atoms with Crippen LogP contribution in [0, 0.1) is 0 Å². The molecule has 2 aromatic carbocycles. The van der Waals surface area contributed by atoms with Crippen LogP contribution in [-0.4, -0.2) is 29.9 Å². The Balaban J connectivity index is 1.81. The number of hydrogen-bond acceptors (Lipinski definition) is 4. The lowest BCUT2D eigenvalue weighted by atomic mass is 9.92. The fraction of sp³-hybridized carbons (Fsp3) is 0.211. The molecule has 0 aromatic heterocycles. The number of hydrogen-bond donors (Lipinski definition) is 1. The van der Waals surface area contributed by atoms with Gasteiger partial charge in [-0.3, -0.25) is 9.69 Å². The third kappa shape index (κ3) is 3.15. The second-order valence-electron chi connectivity index (χ2n) is 6.14. The molecule has 134 valence electrons. The Morgan fingerprint density at radius 3 is 2.31 bits per heavy atom. The van der Waals surface area contributed by atoms with Crippen molar-refractivity contribution in [2.75, 3.05) is 7.11 Å². The number of halogens is 1. The number of carbonyl (C=O) groups is 3. The number of nitrogens with zero attached hydrogens (tertiary/aromatic N) is 1. The Hall–Kier alpha value is -2.86. The minimum atomic E-state index is -1.15. The first-order chi connectivity index (χ1) is 12.3. The molecular weight excluding hydrogens is 356 g/mol. The van der Waals surface area contributed by atoms with Gasteiger partial charge in [0, 0.05) is 5.02 Å². The normalized spacial score (nSPS) is 19.4. The van der Waals surface area contributed by atoms with Crippen molar-refractivity contribution in [2.45, 2.75) is 19.0 Å². The second kappa shape index (κ2) is 6.80. The van der Waals surface area contributed by atoms with E-state index in [1.54, 1.807) is 55.5 Å². The Morgan fingerprint density at radius 2 is 1.73 bits per heavy atom. The molecule has 0 aliphatic carbocycles. The molecule has 1 atom stereocenters. The standard InChI is InChI=1S/C19H17ClN2O4/c1-19(14-7-9-15(20)10-8-14)17(24)22(18(25)21-19)11-12-3-5-13(6-4-12)16(23)26-2/h3-10H,11H2,1-2H3,(H,21,25)/t19-/m0/s1. The van der Waals surface area contributed by atoms with Crippen molar-refractivity contribution in [1.29, 1.82) is 0 Å². The lowest BCUT2D eigenvalue weighted by Gasteiger charge is -2.22. The van der Waals surface area contributed by atoms with E-state index < -0.39 is 17.5 Å². The van der Waals surface area contributed by atoms with Gasteiger partial charge in [-0.05, 0) is 42.3 Å². The molecule has 0 bridgehead atoms. The number of urea groups is 1. The molecule has 6 nitrogen and oxygen atoms in total. The molecule has 7 heteroatoms. The van der Waals surface area contributed by atoms with Crippen molar-refractivity contribution in [2.24, 2.45) is 0 Å². The molecule has 2 aromatic rings. The molecule has 3 rings (SSSR count). The largest absolute Gasteiger partial charge is 0.465 e. The predicted molar refractivity (Wildman–Crippen MR) is 95.7 cm³/mol. The van der Waals surface area contributed by atoms with E-state index in [1.165, 1.54) is 7.11 Å². The minimum absolute atomic E-state index is 0.106. The molecule has 0 saturated carbocycles. The van der Waals surface area contributed by atoms with Crippen LogP contribution in [0.25, 0.3) is 0 Å². The van der Waals surface area contributed by atoms with Crippen LogP contribution >= 0.6 is 11.6 Å². The maximum atomic E-state index is 12.9. The Morgan fingerprint density at radius 1 is 1.12 bits per heavy atom. The van der Waals surface area contributed by atoms with Crippen molar-refractivity contribution >= 4 is 29.5 Å². The lowest BCUT2D eigenvalue weighted by molar-refractivity contribution is -0.131. The van der Waals surface area contributed by atoms with Crippen LogP contribution in [0.1, 0.15) is 28.4 Å². The number of rotatable bonds is 4. The zero-order valence-electron chi connectivity index (χ0n) is 14.3. The summed E-state index contributed by atoms with van der Waals surface area (Å²) in [6.07, 6.45) is 0. The van der Waals surface area contributed by atoms with E-state index in [0.29, 0.717) is 16.1 Å². The van der Waals surface area contributed by atoms with E-state index in [9.17, 15) is 14.4 Å². The van der Waals surface area contributed by atoms with Crippen LogP contribution in [-0.2, 0) is 21.6 Å². The molecule has 0 unspecified atom stereocenters. The van der Waals surface area contributed by atoms with Crippen molar-refractivity contribution in [3.05, 3.63) is 70.2 Å². The highest BCUT2D eigenvalue weighted by atomic mass is 35.5. The third-order valence-corrected chi connectivity index (χ3v) is 4.66. The smallest absolute Gasteiger partial charge is 0.337 e. The Kier molecular flexibility index (Phi) is 4.70. The number of ether oxygens (including phenoxy) is 1. The average Bonchev–Trinajstić information content (AvgIpc) is 2.86. The molecule has 1 N–H and O–H groups in total. The summed E-state index contributed by atoms with van der Waals surface area (Å²) in [6, 6.07) is 12.9. The average molecular weight is 373 g/mol. The Bertz CT molecular complexity index is 864. The summed E-state index contributed by atoms with van der Waals surface area (Å²) in [5, 5.41) is 3.30. The van der Waals surface area contributed by atoms with Gasteiger partial charge in [0.2, 0.25) is 0 Å². The first kappa shape index (κ1) is 17.9. The van der Waals surface area contributed by atoms with Gasteiger partial charge in [-0.15, -0.1) is 0 Å². The number of amides is 3. The van der Waals surface area contributed by atoms with Gasteiger partial charge >= 0.3 is 12.0 Å². The lowest BCUT2D eigenvalue weighted by Crippen LogP contribution is -2.40. The highest BCUT2D eigenvalue weighted by molar-refractivity contribution is 6.30. The van der Waals surface area contributed by atoms with Crippen LogP contribution in [0.2, 0.25) is 5.02 Å². The van der Waals surface area contributed by atoms with Crippen LogP contribution < -0.4 is 5.32 Å². The summed E-state index contributed by atoms with van der Waals surface area (Å²) in [5.41, 5.74) is 0.637. The second-order valence-corrected chi connectivity index (χ2v) is 6.58. The zero-order valence-corrected chi connectivity index (χ0v) is 15.0. The fourth-order valence-electron chi connectivity index (χ4n) is 2.87. The van der Waals surface area contributed by atoms with E-state index in [0.717, 1.165) is 10.5 Å². The van der Waals surface area contributed by atoms with E-state index in [-0.39, 0.29) is 12.5 Å². The SMILES string of the molecule is COC(=O)c1ccc(CN2C(=O)N[C@@](C)(c3ccc(Cl)cc3)C2=O)cc1. The molecular formula is C19H17ClN2O4. The molecule has 3 amide bonds. The molecule has 1 fully saturated rings. The van der Waals surface area contributed by atoms with Gasteiger partial charge in [0.1, 0.15) is 5.54 Å². The molecule has 1 aliphatic rings. The van der Waals surface area contributed by atoms with Gasteiger partial charge in [0.25, 0.3) is 5.91 Å². The van der Waals surface area contributed by atoms with Crippen LogP contribution in [0.5, 0.6) is 0 Å². The summed E-state index contributed by atoms with van der Waals surface area (Å²) in [4.78, 5) is 37.9. The minimum Gasteiger partial charge on any atom is -0.465 e. The molecule has 1 saturated heterocycles. The van der Waals surface area contributed by atoms with Gasteiger partial charge in [0.15, 0.2) is 0 Å². The van der Waals surface area contributed by atoms with E-state index in [4.69, 9.17) is 11.6 Å². The van der Waals surface area contributed by atoms with Crippen molar-refractivity contribution in [3.63, 3.8) is 0 Å². The number of carbonyl (C=O) groups excluding carboxylic acids is 3. The van der Waals surface area contributed by atoms with E-state index in [1.807, 2.05) is 0 Å². The number of imide groups is 1. The number of benzene rings is 2. The zero-order chi connectivity index (χ0) is 18.9. The monoisotopic (exact) mass is 372 g/mol. The summed E-state index contributed by atoms with van der Waals surface area (Å²) < 4.78 is 4.65. The maximum Gasteiger partial charge on any atom is 0.337 e. The summed E-state index contributed by atoms with van der Waals surface area (Å²) in [5.74, 6) is -0.788. The number of esters is 1. The number of methoxy groups -OCH3 is 1. The van der Waals surface area contributed by atoms with Gasteiger partial charge < -0.3 is 10.1 Å². The van der Waals surface area contributed by atoms with Crippen molar-refractivity contribution < 1.29 is 19.1 Å². The molecule has 26 heavy (non-hydrogen) atoms. The fourth-order valence-corrected chi connectivity index (χ4v) is 2.99. The number of nitrogens with one attached hydrogen (secondary N) is 1. The summed E-state index contributed by atoms with van der Waals surface area (Å²) >= 11 is 5.89. The van der Waals surface area contributed by atoms with Crippen LogP contribution in [0.4, 0.5) is 4.79 Å². The first-order valence-corrected chi connectivity index (χ1v) is 8.30. The summed E-state index contributed by atoms with van der Waals surface area (Å²) in [6.45, 7) is 1.77.